The number of carbonyl (C=O) groups is 1. The number of aromatic nitrogens is 2. The van der Waals surface area contributed by atoms with Crippen LogP contribution in [0.4, 0.5) is 5.69 Å². The van der Waals surface area contributed by atoms with Crippen molar-refractivity contribution in [2.24, 2.45) is 4.99 Å². The molecule has 1 aromatic heterocycles. The summed E-state index contributed by atoms with van der Waals surface area (Å²) >= 11 is 0. The smallest absolute Gasteiger partial charge is 0.353 e. The molecule has 2 aromatic rings. The van der Waals surface area contributed by atoms with E-state index in [1.165, 1.54) is 6.07 Å². The molecule has 6 heteroatoms. The van der Waals surface area contributed by atoms with Gasteiger partial charge in [-0.25, -0.2) is 4.79 Å². The molecule has 3 rings (SSSR count). The summed E-state index contributed by atoms with van der Waals surface area (Å²) in [6.07, 6.45) is 1.80. The van der Waals surface area contributed by atoms with E-state index in [-0.39, 0.29) is 5.69 Å². The lowest BCUT2D eigenvalue weighted by atomic mass is 10.1. The Labute approximate surface area is 109 Å². The van der Waals surface area contributed by atoms with Gasteiger partial charge in [0.05, 0.1) is 24.3 Å². The molecule has 0 atom stereocenters. The number of nitrogens with one attached hydrogen (secondary N) is 1. The van der Waals surface area contributed by atoms with Crippen LogP contribution in [0.2, 0.25) is 0 Å². The molecule has 19 heavy (non-hydrogen) atoms. The second-order valence-electron chi connectivity index (χ2n) is 4.20. The molecule has 1 aliphatic heterocycles. The Kier molecular flexibility index (Phi) is 2.75. The molecule has 1 aromatic carbocycles. The van der Waals surface area contributed by atoms with Crippen molar-refractivity contribution >= 4 is 18.0 Å². The standard InChI is InChI=1S/C13H12N4O2/c18-13(19)11-7-10(15-16-11)9-3-1-2-4-12(9)17-6-5-14-8-17/h1-4,7-8H,5-6H2,(H,15,16)(H,18,19). The SMILES string of the molecule is O=C(O)c1cc(-c2ccccc2N2C=NCC2)n[nH]1. The van der Waals surface area contributed by atoms with Gasteiger partial charge in [0.15, 0.2) is 0 Å². The minimum absolute atomic E-state index is 0.0832. The molecule has 6 nitrogen and oxygen atoms in total. The molecule has 0 saturated carbocycles. The average Bonchev–Trinajstić information content (AvgIpc) is 3.10. The van der Waals surface area contributed by atoms with E-state index in [0.717, 1.165) is 24.3 Å². The number of nitrogens with zero attached hydrogens (tertiary/aromatic N) is 3. The predicted octanol–water partition coefficient (Wildman–Crippen LogP) is 1.62. The first-order chi connectivity index (χ1) is 9.25. The largest absolute Gasteiger partial charge is 0.477 e. The summed E-state index contributed by atoms with van der Waals surface area (Å²) in [6.45, 7) is 1.60. The maximum Gasteiger partial charge on any atom is 0.353 e. The van der Waals surface area contributed by atoms with Gasteiger partial charge in [0.1, 0.15) is 5.69 Å². The van der Waals surface area contributed by atoms with Crippen molar-refractivity contribution < 1.29 is 9.90 Å². The van der Waals surface area contributed by atoms with Gasteiger partial charge in [-0.3, -0.25) is 10.1 Å². The lowest BCUT2D eigenvalue weighted by Gasteiger charge is -2.17. The molecule has 2 N–H and O–H groups in total. The van der Waals surface area contributed by atoms with E-state index in [1.54, 1.807) is 6.34 Å². The van der Waals surface area contributed by atoms with Crippen LogP contribution in [0.5, 0.6) is 0 Å². The Balaban J connectivity index is 2.03. The summed E-state index contributed by atoms with van der Waals surface area (Å²) in [7, 11) is 0. The zero-order valence-electron chi connectivity index (χ0n) is 10.1. The highest BCUT2D eigenvalue weighted by Crippen LogP contribution is 2.29. The van der Waals surface area contributed by atoms with Gasteiger partial charge in [-0.1, -0.05) is 18.2 Å². The molecule has 0 amide bonds. The number of para-hydroxylation sites is 1. The van der Waals surface area contributed by atoms with Crippen LogP contribution in [0.1, 0.15) is 10.5 Å². The molecule has 2 heterocycles. The Morgan fingerprint density at radius 2 is 2.21 bits per heavy atom. The Morgan fingerprint density at radius 1 is 1.37 bits per heavy atom. The Morgan fingerprint density at radius 3 is 2.89 bits per heavy atom. The number of carboxylic acids is 1. The third kappa shape index (κ3) is 2.08. The fourth-order valence-corrected chi connectivity index (χ4v) is 2.07. The molecule has 0 unspecified atom stereocenters. The quantitative estimate of drug-likeness (QED) is 0.874. The molecule has 0 bridgehead atoms. The lowest BCUT2D eigenvalue weighted by molar-refractivity contribution is 0.0690. The number of hydrogen-bond donors (Lipinski definition) is 2. The van der Waals surface area contributed by atoms with Gasteiger partial charge < -0.3 is 10.0 Å². The highest BCUT2D eigenvalue weighted by atomic mass is 16.4. The zero-order valence-corrected chi connectivity index (χ0v) is 10.1. The highest BCUT2D eigenvalue weighted by molar-refractivity contribution is 5.91. The number of carboxylic acid groups (broad SMARTS) is 1. The van der Waals surface area contributed by atoms with E-state index in [2.05, 4.69) is 15.2 Å². The number of benzene rings is 1. The van der Waals surface area contributed by atoms with Gasteiger partial charge in [-0.15, -0.1) is 0 Å². The number of aliphatic imine (C=N–C) groups is 1. The van der Waals surface area contributed by atoms with Crippen molar-refractivity contribution in [3.05, 3.63) is 36.0 Å². The van der Waals surface area contributed by atoms with Gasteiger partial charge in [0, 0.05) is 12.1 Å². The van der Waals surface area contributed by atoms with E-state index in [9.17, 15) is 4.79 Å². The number of aromatic carboxylic acids is 1. The first kappa shape index (κ1) is 11.5. The molecule has 0 radical (unpaired) electrons. The number of hydrogen-bond acceptors (Lipinski definition) is 4. The third-order valence-corrected chi connectivity index (χ3v) is 2.99. The lowest BCUT2D eigenvalue weighted by Crippen LogP contribution is -2.18. The zero-order chi connectivity index (χ0) is 13.2. The van der Waals surface area contributed by atoms with Gasteiger partial charge in [-0.2, -0.15) is 5.10 Å². The molecular formula is C13H12N4O2. The van der Waals surface area contributed by atoms with Crippen LogP contribution in [0.15, 0.2) is 35.3 Å². The molecule has 0 spiro atoms. The highest BCUT2D eigenvalue weighted by Gasteiger charge is 2.16. The van der Waals surface area contributed by atoms with Crippen molar-refractivity contribution in [2.75, 3.05) is 18.0 Å². The fourth-order valence-electron chi connectivity index (χ4n) is 2.07. The fraction of sp³-hybridized carbons (Fsp3) is 0.154. The van der Waals surface area contributed by atoms with E-state index in [1.807, 2.05) is 29.2 Å². The van der Waals surface area contributed by atoms with E-state index in [0.29, 0.717) is 5.69 Å². The first-order valence-corrected chi connectivity index (χ1v) is 5.90. The maximum atomic E-state index is 10.9. The van der Waals surface area contributed by atoms with Crippen LogP contribution in [-0.2, 0) is 0 Å². The molecule has 0 fully saturated rings. The first-order valence-electron chi connectivity index (χ1n) is 5.90. The van der Waals surface area contributed by atoms with Gasteiger partial charge >= 0.3 is 5.97 Å². The molecule has 1 aliphatic rings. The second-order valence-corrected chi connectivity index (χ2v) is 4.20. The molecule has 0 saturated heterocycles. The summed E-state index contributed by atoms with van der Waals surface area (Å²) < 4.78 is 0. The topological polar surface area (TPSA) is 81.6 Å². The monoisotopic (exact) mass is 256 g/mol. The van der Waals surface area contributed by atoms with Gasteiger partial charge in [-0.05, 0) is 12.1 Å². The Hall–Kier alpha value is -2.63. The van der Waals surface area contributed by atoms with E-state index < -0.39 is 5.97 Å². The molecule has 96 valence electrons. The van der Waals surface area contributed by atoms with Crippen LogP contribution >= 0.6 is 0 Å². The van der Waals surface area contributed by atoms with Crippen molar-refractivity contribution in [3.8, 4) is 11.3 Å². The number of anilines is 1. The second kappa shape index (κ2) is 4.56. The summed E-state index contributed by atoms with van der Waals surface area (Å²) in [5.74, 6) is -1.01. The summed E-state index contributed by atoms with van der Waals surface area (Å²) in [5.41, 5.74) is 2.57. The van der Waals surface area contributed by atoms with Crippen molar-refractivity contribution in [1.82, 2.24) is 10.2 Å². The number of rotatable bonds is 3. The average molecular weight is 256 g/mol. The van der Waals surface area contributed by atoms with Crippen LogP contribution in [0, 0.1) is 0 Å². The van der Waals surface area contributed by atoms with E-state index >= 15 is 0 Å². The molecule has 0 aliphatic carbocycles. The van der Waals surface area contributed by atoms with Crippen LogP contribution < -0.4 is 4.90 Å². The number of H-pyrrole nitrogens is 1. The predicted molar refractivity (Wildman–Crippen MR) is 71.7 cm³/mol. The minimum Gasteiger partial charge on any atom is -0.477 e. The van der Waals surface area contributed by atoms with Crippen LogP contribution in [-0.4, -0.2) is 40.7 Å². The van der Waals surface area contributed by atoms with Crippen molar-refractivity contribution in [3.63, 3.8) is 0 Å². The summed E-state index contributed by atoms with van der Waals surface area (Å²) in [4.78, 5) is 17.1. The van der Waals surface area contributed by atoms with Crippen molar-refractivity contribution in [2.45, 2.75) is 0 Å². The maximum absolute atomic E-state index is 10.9. The summed E-state index contributed by atoms with van der Waals surface area (Å²) in [5, 5.41) is 15.5. The summed E-state index contributed by atoms with van der Waals surface area (Å²) in [6, 6.07) is 9.27. The van der Waals surface area contributed by atoms with Gasteiger partial charge in [0.25, 0.3) is 0 Å². The molecular weight excluding hydrogens is 244 g/mol. The minimum atomic E-state index is -1.01. The van der Waals surface area contributed by atoms with E-state index in [4.69, 9.17) is 5.11 Å². The normalized spacial score (nSPS) is 14.0. The van der Waals surface area contributed by atoms with Gasteiger partial charge in [0.2, 0.25) is 0 Å². The Bertz CT molecular complexity index is 648. The number of aromatic amines is 1. The van der Waals surface area contributed by atoms with Crippen LogP contribution in [0.25, 0.3) is 11.3 Å². The van der Waals surface area contributed by atoms with Crippen molar-refractivity contribution in [1.29, 1.82) is 0 Å². The third-order valence-electron chi connectivity index (χ3n) is 2.99. The van der Waals surface area contributed by atoms with Crippen LogP contribution in [0.3, 0.4) is 0 Å².